The first-order valence-corrected chi connectivity index (χ1v) is 20.6. The molecular weight excluding hydrogens is 733 g/mol. The second kappa shape index (κ2) is 16.5. The molecule has 7 aromatic carbocycles. The number of hydrogen-bond donors (Lipinski definition) is 0. The number of fused-ring (bicyclic) bond motifs is 6. The van der Waals surface area contributed by atoms with Gasteiger partial charge >= 0.3 is 0 Å². The van der Waals surface area contributed by atoms with Crippen LogP contribution in [-0.2, 0) is 5.41 Å². The van der Waals surface area contributed by atoms with Crippen LogP contribution in [0.2, 0.25) is 0 Å². The van der Waals surface area contributed by atoms with Crippen molar-refractivity contribution < 1.29 is 9.59 Å². The maximum absolute atomic E-state index is 11.8. The average Bonchev–Trinajstić information content (AvgIpc) is 3.74. The molecule has 9 rings (SSSR count). The number of carbonyl (C=O) groups excluding carboxylic acids is 2. The number of allylic oxidation sites excluding steroid dienone is 5. The van der Waals surface area contributed by atoms with E-state index in [0.29, 0.717) is 11.1 Å². The number of anilines is 3. The molecule has 1 heterocycles. The van der Waals surface area contributed by atoms with E-state index in [2.05, 4.69) is 151 Å². The summed E-state index contributed by atoms with van der Waals surface area (Å²) in [6.45, 7) is 14.4. The molecule has 1 aromatic heterocycles. The molecule has 0 fully saturated rings. The largest absolute Gasteiger partial charge is 0.310 e. The Labute approximate surface area is 353 Å². The molecule has 0 atom stereocenters. The van der Waals surface area contributed by atoms with Crippen molar-refractivity contribution in [2.45, 2.75) is 40.0 Å². The minimum atomic E-state index is -0.281. The predicted molar refractivity (Wildman–Crippen MR) is 254 cm³/mol. The molecule has 4 heteroatoms. The molecule has 1 aliphatic rings. The fourth-order valence-corrected chi connectivity index (χ4v) is 8.70. The highest BCUT2D eigenvalue weighted by molar-refractivity contribution is 6.10. The van der Waals surface area contributed by atoms with Gasteiger partial charge in [-0.3, -0.25) is 9.59 Å². The lowest BCUT2D eigenvalue weighted by Gasteiger charge is -2.28. The molecule has 4 nitrogen and oxygen atoms in total. The quantitative estimate of drug-likeness (QED) is 0.103. The van der Waals surface area contributed by atoms with Gasteiger partial charge in [-0.15, -0.1) is 0 Å². The van der Waals surface area contributed by atoms with Crippen molar-refractivity contribution in [3.63, 3.8) is 0 Å². The van der Waals surface area contributed by atoms with Crippen molar-refractivity contribution in [1.29, 1.82) is 0 Å². The predicted octanol–water partition coefficient (Wildman–Crippen LogP) is 15.0. The van der Waals surface area contributed by atoms with Gasteiger partial charge in [-0.1, -0.05) is 125 Å². The number of aldehydes is 2. The summed E-state index contributed by atoms with van der Waals surface area (Å²) in [5.41, 5.74) is 16.7. The van der Waals surface area contributed by atoms with E-state index in [4.69, 9.17) is 0 Å². The molecule has 0 unspecified atom stereocenters. The summed E-state index contributed by atoms with van der Waals surface area (Å²) >= 11 is 0. The maximum atomic E-state index is 11.8. The Balaban J connectivity index is 0.00000246. The monoisotopic (exact) mass is 780 g/mol. The summed E-state index contributed by atoms with van der Waals surface area (Å²) in [7, 11) is 0. The molecule has 60 heavy (non-hydrogen) atoms. The third kappa shape index (κ3) is 6.90. The normalized spacial score (nSPS) is 12.8. The molecule has 0 amide bonds. The van der Waals surface area contributed by atoms with E-state index in [-0.39, 0.29) is 5.41 Å². The zero-order chi connectivity index (χ0) is 42.0. The van der Waals surface area contributed by atoms with Crippen LogP contribution >= 0.6 is 0 Å². The first-order chi connectivity index (χ1) is 29.3. The van der Waals surface area contributed by atoms with E-state index in [0.717, 1.165) is 68.6 Å². The number of nitrogens with zero attached hydrogens (tertiary/aromatic N) is 2. The fraction of sp³-hybridized carbons (Fsp3) is 0.107. The minimum absolute atomic E-state index is 0.281. The summed E-state index contributed by atoms with van der Waals surface area (Å²) < 4.78 is 2.27. The molecule has 0 N–H and O–H groups in total. The van der Waals surface area contributed by atoms with E-state index >= 15 is 0 Å². The van der Waals surface area contributed by atoms with Gasteiger partial charge in [-0.05, 0) is 136 Å². The first-order valence-electron chi connectivity index (χ1n) is 20.6. The summed E-state index contributed by atoms with van der Waals surface area (Å²) in [6.07, 6.45) is 9.81. The lowest BCUT2D eigenvalue weighted by atomic mass is 9.82. The van der Waals surface area contributed by atoms with Gasteiger partial charge in [0.05, 0.1) is 11.0 Å². The van der Waals surface area contributed by atoms with Gasteiger partial charge in [0.15, 0.2) is 0 Å². The van der Waals surface area contributed by atoms with Crippen molar-refractivity contribution in [3.05, 3.63) is 210 Å². The van der Waals surface area contributed by atoms with E-state index in [1.54, 1.807) is 0 Å². The van der Waals surface area contributed by atoms with Crippen LogP contribution in [0.5, 0.6) is 0 Å². The number of hydrogen-bond acceptors (Lipinski definition) is 3. The molecule has 0 aliphatic heterocycles. The van der Waals surface area contributed by atoms with Crippen LogP contribution in [0, 0.1) is 0 Å². The van der Waals surface area contributed by atoms with Crippen molar-refractivity contribution in [1.82, 2.24) is 4.57 Å². The Bertz CT molecular complexity index is 2960. The topological polar surface area (TPSA) is 42.3 Å². The zero-order valence-electron chi connectivity index (χ0n) is 34.8. The molecule has 0 radical (unpaired) electrons. The fourth-order valence-electron chi connectivity index (χ4n) is 8.70. The second-order valence-electron chi connectivity index (χ2n) is 15.4. The smallest absolute Gasteiger partial charge is 0.150 e. The summed E-state index contributed by atoms with van der Waals surface area (Å²) in [6, 6.07) is 53.2. The first kappa shape index (κ1) is 39.5. The summed E-state index contributed by atoms with van der Waals surface area (Å²) in [5, 5.41) is 2.35. The maximum Gasteiger partial charge on any atom is 0.150 e. The highest BCUT2D eigenvalue weighted by Gasteiger charge is 2.36. The van der Waals surface area contributed by atoms with Gasteiger partial charge in [0.2, 0.25) is 0 Å². The van der Waals surface area contributed by atoms with E-state index < -0.39 is 0 Å². The Hall–Kier alpha value is -7.30. The molecule has 0 bridgehead atoms. The summed E-state index contributed by atoms with van der Waals surface area (Å²) in [5.74, 6) is 0. The molecule has 0 saturated heterocycles. The van der Waals surface area contributed by atoms with Gasteiger partial charge < -0.3 is 9.47 Å². The molecular formula is C56H48N2O2. The Morgan fingerprint density at radius 3 is 1.85 bits per heavy atom. The average molecular weight is 781 g/mol. The van der Waals surface area contributed by atoms with Crippen LogP contribution in [-0.4, -0.2) is 17.1 Å². The third-order valence-corrected chi connectivity index (χ3v) is 11.6. The number of benzene rings is 7. The van der Waals surface area contributed by atoms with Crippen LogP contribution in [0.25, 0.3) is 55.3 Å². The molecule has 0 saturated carbocycles. The number of carbonyl (C=O) groups is 2. The molecule has 0 spiro atoms. The van der Waals surface area contributed by atoms with Gasteiger partial charge in [0.1, 0.15) is 12.6 Å². The van der Waals surface area contributed by atoms with E-state index in [1.165, 1.54) is 33.0 Å². The molecule has 294 valence electrons. The SMILES string of the molecule is C=C/C=C(\C=C/C)c1ccc(N(c2ccc(-c3ccc4c(c3)c3ccccc3n4-c3ccc(C=O)cc3)cc2)c2ccc3c(c2)C(C)(C)c2cc(C=O)ccc2-3)cc1.CC. The number of aromatic nitrogens is 1. The van der Waals surface area contributed by atoms with Crippen molar-refractivity contribution in [2.24, 2.45) is 0 Å². The van der Waals surface area contributed by atoms with Crippen LogP contribution in [0.1, 0.15) is 72.0 Å². The Morgan fingerprint density at radius 2 is 1.18 bits per heavy atom. The van der Waals surface area contributed by atoms with Crippen LogP contribution < -0.4 is 4.90 Å². The summed E-state index contributed by atoms with van der Waals surface area (Å²) in [4.78, 5) is 25.5. The van der Waals surface area contributed by atoms with E-state index in [1.807, 2.05) is 75.4 Å². The van der Waals surface area contributed by atoms with Crippen molar-refractivity contribution in [3.8, 4) is 27.9 Å². The number of rotatable bonds is 10. The standard InChI is InChI=1S/C54H42N2O2.C2H6/c1-5-9-38(10-6-2)39-16-23-42(24-17-39)55(45-27-29-47-46-28-15-37(35-58)31-50(46)54(3,4)51(47)33-45)43-25-18-40(19-26-43)41-20-30-53-49(32-41)48-11-7-8-12-52(48)56(53)44-21-13-36(34-57)14-22-44;1-2/h5-35H,1H2,2-4H3;1-2H3/b10-6-,38-9+;. The van der Waals surface area contributed by atoms with Gasteiger partial charge in [-0.2, -0.15) is 0 Å². The third-order valence-electron chi connectivity index (χ3n) is 11.6. The Kier molecular flexibility index (Phi) is 10.9. The van der Waals surface area contributed by atoms with Crippen molar-refractivity contribution >= 4 is 57.0 Å². The van der Waals surface area contributed by atoms with Gasteiger partial charge in [0, 0.05) is 50.1 Å². The lowest BCUT2D eigenvalue weighted by molar-refractivity contribution is 0.111. The molecule has 8 aromatic rings. The van der Waals surface area contributed by atoms with Crippen LogP contribution in [0.4, 0.5) is 17.1 Å². The van der Waals surface area contributed by atoms with Gasteiger partial charge in [0.25, 0.3) is 0 Å². The zero-order valence-corrected chi connectivity index (χ0v) is 34.8. The highest BCUT2D eigenvalue weighted by atomic mass is 16.1. The minimum Gasteiger partial charge on any atom is -0.310 e. The lowest BCUT2D eigenvalue weighted by Crippen LogP contribution is -2.17. The number of para-hydroxylation sites is 1. The van der Waals surface area contributed by atoms with Crippen LogP contribution in [0.3, 0.4) is 0 Å². The Morgan fingerprint density at radius 1 is 0.600 bits per heavy atom. The second-order valence-corrected chi connectivity index (χ2v) is 15.4. The van der Waals surface area contributed by atoms with Crippen molar-refractivity contribution in [2.75, 3.05) is 4.90 Å². The van der Waals surface area contributed by atoms with Crippen LogP contribution in [0.15, 0.2) is 183 Å². The van der Waals surface area contributed by atoms with Gasteiger partial charge in [-0.25, -0.2) is 0 Å². The molecule has 1 aliphatic carbocycles. The highest BCUT2D eigenvalue weighted by Crippen LogP contribution is 2.51. The van der Waals surface area contributed by atoms with E-state index in [9.17, 15) is 9.59 Å².